The van der Waals surface area contributed by atoms with Crippen molar-refractivity contribution < 1.29 is 14.3 Å². The lowest BCUT2D eigenvalue weighted by Gasteiger charge is -2.15. The van der Waals surface area contributed by atoms with E-state index in [2.05, 4.69) is 5.32 Å². The highest BCUT2D eigenvalue weighted by Crippen LogP contribution is 2.25. The van der Waals surface area contributed by atoms with Gasteiger partial charge in [-0.1, -0.05) is 39.0 Å². The molecule has 1 aromatic heterocycles. The summed E-state index contributed by atoms with van der Waals surface area (Å²) >= 11 is 0. The summed E-state index contributed by atoms with van der Waals surface area (Å²) in [5.74, 6) is -0.0994. The molecule has 5 heteroatoms. The Morgan fingerprint density at radius 2 is 1.75 bits per heavy atom. The number of nitrogens with one attached hydrogen (secondary N) is 1. The maximum atomic E-state index is 13.2. The lowest BCUT2D eigenvalue weighted by Crippen LogP contribution is -2.25. The molecule has 0 bridgehead atoms. The Morgan fingerprint density at radius 1 is 1.07 bits per heavy atom. The smallest absolute Gasteiger partial charge is 0.263 e. The summed E-state index contributed by atoms with van der Waals surface area (Å²) in [4.78, 5) is 26.2. The Morgan fingerprint density at radius 3 is 2.36 bits per heavy atom. The Bertz CT molecular complexity index is 1060. The van der Waals surface area contributed by atoms with Crippen molar-refractivity contribution in [2.75, 3.05) is 5.32 Å². The largest absolute Gasteiger partial charge is 0.508 e. The highest BCUT2D eigenvalue weighted by atomic mass is 16.3. The van der Waals surface area contributed by atoms with Crippen molar-refractivity contribution in [3.63, 3.8) is 0 Å². The van der Waals surface area contributed by atoms with Crippen LogP contribution < -0.4 is 10.7 Å². The molecule has 3 rings (SSSR count). The zero-order valence-corrected chi connectivity index (χ0v) is 16.5. The summed E-state index contributed by atoms with van der Waals surface area (Å²) in [6.45, 7) is 6.02. The molecule has 3 aromatic rings. The molecule has 0 saturated heterocycles. The fourth-order valence-corrected chi connectivity index (χ4v) is 3.44. The van der Waals surface area contributed by atoms with Gasteiger partial charge in [0.1, 0.15) is 22.7 Å². The average Bonchev–Trinajstić information content (AvgIpc) is 2.68. The van der Waals surface area contributed by atoms with E-state index in [0.717, 1.165) is 36.1 Å². The predicted octanol–water partition coefficient (Wildman–Crippen LogP) is 4.83. The molecule has 5 nitrogen and oxygen atoms in total. The van der Waals surface area contributed by atoms with Crippen molar-refractivity contribution in [1.82, 2.24) is 0 Å². The Kier molecular flexibility index (Phi) is 5.83. The second-order valence-electron chi connectivity index (χ2n) is 6.77. The SMILES string of the molecule is CCCc1oc2cc(O)ccc2c(=O)c1C(=O)Nc1c(CC)cccc1CC. The molecule has 1 heterocycles. The molecule has 146 valence electrons. The van der Waals surface area contributed by atoms with Crippen LogP contribution in [0.15, 0.2) is 45.6 Å². The molecule has 2 N–H and O–H groups in total. The van der Waals surface area contributed by atoms with E-state index in [1.54, 1.807) is 0 Å². The summed E-state index contributed by atoms with van der Waals surface area (Å²) in [5.41, 5.74) is 2.76. The van der Waals surface area contributed by atoms with E-state index in [1.165, 1.54) is 18.2 Å². The number of carbonyl (C=O) groups excluding carboxylic acids is 1. The summed E-state index contributed by atoms with van der Waals surface area (Å²) < 4.78 is 5.85. The molecule has 0 spiro atoms. The number of carbonyl (C=O) groups is 1. The van der Waals surface area contributed by atoms with Gasteiger partial charge < -0.3 is 14.8 Å². The fraction of sp³-hybridized carbons (Fsp3) is 0.304. The van der Waals surface area contributed by atoms with Crippen molar-refractivity contribution >= 4 is 22.6 Å². The maximum Gasteiger partial charge on any atom is 0.263 e. The van der Waals surface area contributed by atoms with Gasteiger partial charge in [0.15, 0.2) is 0 Å². The molecule has 0 aliphatic heterocycles. The van der Waals surface area contributed by atoms with Gasteiger partial charge in [-0.05, 0) is 42.5 Å². The van der Waals surface area contributed by atoms with Crippen molar-refractivity contribution in [2.24, 2.45) is 0 Å². The van der Waals surface area contributed by atoms with Gasteiger partial charge >= 0.3 is 0 Å². The first-order valence-corrected chi connectivity index (χ1v) is 9.70. The van der Waals surface area contributed by atoms with E-state index in [1.807, 2.05) is 39.0 Å². The van der Waals surface area contributed by atoms with Crippen molar-refractivity contribution in [3.8, 4) is 5.75 Å². The Balaban J connectivity index is 2.14. The summed E-state index contributed by atoms with van der Waals surface area (Å²) in [6.07, 6.45) is 2.73. The topological polar surface area (TPSA) is 79.5 Å². The Hall–Kier alpha value is -3.08. The number of amides is 1. The molecule has 0 unspecified atom stereocenters. The van der Waals surface area contributed by atoms with Crippen LogP contribution in [0.4, 0.5) is 5.69 Å². The zero-order valence-electron chi connectivity index (χ0n) is 16.5. The molecule has 2 aromatic carbocycles. The van der Waals surface area contributed by atoms with Crippen LogP contribution in [0.1, 0.15) is 54.4 Å². The van der Waals surface area contributed by atoms with E-state index in [0.29, 0.717) is 12.2 Å². The predicted molar refractivity (Wildman–Crippen MR) is 111 cm³/mol. The van der Waals surface area contributed by atoms with Gasteiger partial charge in [-0.25, -0.2) is 0 Å². The summed E-state index contributed by atoms with van der Waals surface area (Å²) in [6, 6.07) is 10.2. The van der Waals surface area contributed by atoms with Gasteiger partial charge in [0.25, 0.3) is 5.91 Å². The minimum absolute atomic E-state index is 0.0137. The van der Waals surface area contributed by atoms with E-state index < -0.39 is 5.91 Å². The minimum Gasteiger partial charge on any atom is -0.508 e. The second-order valence-corrected chi connectivity index (χ2v) is 6.77. The van der Waals surface area contributed by atoms with Gasteiger partial charge in [0.2, 0.25) is 5.43 Å². The average molecular weight is 379 g/mol. The van der Waals surface area contributed by atoms with E-state index in [9.17, 15) is 14.7 Å². The molecule has 0 saturated carbocycles. The molecular weight excluding hydrogens is 354 g/mol. The quantitative estimate of drug-likeness (QED) is 0.643. The molecule has 0 aliphatic carbocycles. The maximum absolute atomic E-state index is 13.2. The first-order valence-electron chi connectivity index (χ1n) is 9.70. The number of phenols is 1. The summed E-state index contributed by atoms with van der Waals surface area (Å²) in [7, 11) is 0. The van der Waals surface area contributed by atoms with Crippen LogP contribution in [0.25, 0.3) is 11.0 Å². The molecule has 0 aliphatic rings. The second kappa shape index (κ2) is 8.30. The van der Waals surface area contributed by atoms with Crippen LogP contribution in [0, 0.1) is 0 Å². The molecule has 0 fully saturated rings. The van der Waals surface area contributed by atoms with E-state index in [4.69, 9.17) is 4.42 Å². The number of anilines is 1. The van der Waals surface area contributed by atoms with Gasteiger partial charge in [-0.15, -0.1) is 0 Å². The molecule has 0 radical (unpaired) electrons. The van der Waals surface area contributed by atoms with Gasteiger partial charge in [0.05, 0.1) is 5.39 Å². The number of benzene rings is 2. The van der Waals surface area contributed by atoms with Crippen molar-refractivity contribution in [3.05, 3.63) is 69.1 Å². The fourth-order valence-electron chi connectivity index (χ4n) is 3.44. The van der Waals surface area contributed by atoms with Gasteiger partial charge in [-0.3, -0.25) is 9.59 Å². The van der Waals surface area contributed by atoms with E-state index >= 15 is 0 Å². The third kappa shape index (κ3) is 3.65. The van der Waals surface area contributed by atoms with Crippen LogP contribution in [-0.2, 0) is 19.3 Å². The number of hydrogen-bond acceptors (Lipinski definition) is 4. The van der Waals surface area contributed by atoms with Crippen LogP contribution in [0.2, 0.25) is 0 Å². The highest BCUT2D eigenvalue weighted by Gasteiger charge is 2.22. The number of phenolic OH excluding ortho intramolecular Hbond substituents is 1. The Labute approximate surface area is 164 Å². The van der Waals surface area contributed by atoms with Crippen LogP contribution in [0.5, 0.6) is 5.75 Å². The summed E-state index contributed by atoms with van der Waals surface area (Å²) in [5, 5.41) is 12.9. The lowest BCUT2D eigenvalue weighted by molar-refractivity contribution is 0.102. The van der Waals surface area contributed by atoms with E-state index in [-0.39, 0.29) is 27.7 Å². The molecule has 1 amide bonds. The number of rotatable bonds is 6. The number of fused-ring (bicyclic) bond motifs is 1. The van der Waals surface area contributed by atoms with Crippen LogP contribution in [0.3, 0.4) is 0 Å². The number of aromatic hydroxyl groups is 1. The highest BCUT2D eigenvalue weighted by molar-refractivity contribution is 6.07. The number of para-hydroxylation sites is 1. The van der Waals surface area contributed by atoms with Gasteiger partial charge in [0, 0.05) is 18.2 Å². The third-order valence-corrected chi connectivity index (χ3v) is 4.89. The number of aryl methyl sites for hydroxylation is 3. The minimum atomic E-state index is -0.456. The standard InChI is InChI=1S/C23H25NO4/c1-4-8-18-20(22(26)17-12-11-16(25)13-19(17)28-18)23(27)24-21-14(5-2)9-7-10-15(21)6-3/h7,9-13,25H,4-6,8H2,1-3H3,(H,24,27). The first-order chi connectivity index (χ1) is 13.5. The van der Waals surface area contributed by atoms with Crippen LogP contribution >= 0.6 is 0 Å². The zero-order chi connectivity index (χ0) is 20.3. The first kappa shape index (κ1) is 19.7. The molecule has 28 heavy (non-hydrogen) atoms. The van der Waals surface area contributed by atoms with Crippen LogP contribution in [-0.4, -0.2) is 11.0 Å². The van der Waals surface area contributed by atoms with Crippen molar-refractivity contribution in [1.29, 1.82) is 0 Å². The molecular formula is C23H25NO4. The lowest BCUT2D eigenvalue weighted by atomic mass is 10.0. The third-order valence-electron chi connectivity index (χ3n) is 4.89. The molecule has 0 atom stereocenters. The van der Waals surface area contributed by atoms with Crippen molar-refractivity contribution in [2.45, 2.75) is 46.5 Å². The normalized spacial score (nSPS) is 11.0. The number of hydrogen-bond donors (Lipinski definition) is 2. The monoisotopic (exact) mass is 379 g/mol. The van der Waals surface area contributed by atoms with Gasteiger partial charge in [-0.2, -0.15) is 0 Å².